The van der Waals surface area contributed by atoms with E-state index in [0.29, 0.717) is 56.4 Å². The molecule has 0 aromatic heterocycles. The lowest BCUT2D eigenvalue weighted by Crippen LogP contribution is -2.44. The van der Waals surface area contributed by atoms with Crippen LogP contribution in [-0.2, 0) is 16.0 Å². The van der Waals surface area contributed by atoms with Gasteiger partial charge < -0.3 is 14.8 Å². The minimum atomic E-state index is -0.0837. The maximum Gasteiger partial charge on any atom is 0.222 e. The van der Waals surface area contributed by atoms with Gasteiger partial charge in [0.2, 0.25) is 5.91 Å². The summed E-state index contributed by atoms with van der Waals surface area (Å²) in [7, 11) is 0. The number of hydrogen-bond donors (Lipinski definition) is 1. The minimum Gasteiger partial charge on any atom is -0.411 e. The molecule has 1 N–H and O–H groups in total. The number of fused-ring (bicyclic) bond motifs is 5. The summed E-state index contributed by atoms with van der Waals surface area (Å²) in [5.74, 6) is 1.91. The van der Waals surface area contributed by atoms with Crippen molar-refractivity contribution >= 4 is 11.6 Å². The summed E-state index contributed by atoms with van der Waals surface area (Å²) in [6.45, 7) is 4.95. The summed E-state index contributed by atoms with van der Waals surface area (Å²) in [6, 6.07) is 5.57. The van der Waals surface area contributed by atoms with E-state index in [1.807, 2.05) is 11.0 Å². The first kappa shape index (κ1) is 21.9. The molecule has 1 saturated heterocycles. The van der Waals surface area contributed by atoms with Gasteiger partial charge in [0.05, 0.1) is 18.9 Å². The predicted octanol–water partition coefficient (Wildman–Crippen LogP) is 4.77. The Bertz CT molecular complexity index is 897. The van der Waals surface area contributed by atoms with Gasteiger partial charge in [-0.25, -0.2) is 4.39 Å². The van der Waals surface area contributed by atoms with Gasteiger partial charge in [0.25, 0.3) is 0 Å². The van der Waals surface area contributed by atoms with Crippen molar-refractivity contribution in [3.05, 3.63) is 35.1 Å². The number of morpholine rings is 1. The normalized spacial score (nSPS) is 35.3. The fourth-order valence-electron chi connectivity index (χ4n) is 7.56. The standard InChI is InChI=1S/C26H35FN2O3/c1-26-11-10-19-18-5-3-6-22(27)20(18)8-9-21(19)25(26)17(16-23(26)28-31)4-2-7-24(30)29-12-14-32-15-13-29/h3,5-6,17,19,21,25,31H,2,4,7-16H2,1H3/b28-23+/t17-,19?,21?,25?,26-/m1/s1. The highest BCUT2D eigenvalue weighted by Crippen LogP contribution is 2.62. The highest BCUT2D eigenvalue weighted by molar-refractivity contribution is 5.92. The van der Waals surface area contributed by atoms with Crippen LogP contribution in [0.5, 0.6) is 0 Å². The van der Waals surface area contributed by atoms with Crippen molar-refractivity contribution in [3.63, 3.8) is 0 Å². The fraction of sp³-hybridized carbons (Fsp3) is 0.692. The molecule has 3 unspecified atom stereocenters. The average molecular weight is 443 g/mol. The van der Waals surface area contributed by atoms with Gasteiger partial charge in [-0.15, -0.1) is 0 Å². The molecule has 1 heterocycles. The molecule has 1 aliphatic heterocycles. The van der Waals surface area contributed by atoms with Crippen molar-refractivity contribution in [1.82, 2.24) is 4.90 Å². The van der Waals surface area contributed by atoms with Crippen LogP contribution in [0.15, 0.2) is 23.4 Å². The quantitative estimate of drug-likeness (QED) is 0.540. The summed E-state index contributed by atoms with van der Waals surface area (Å²) in [6.07, 6.45) is 7.05. The molecule has 5 nitrogen and oxygen atoms in total. The summed E-state index contributed by atoms with van der Waals surface area (Å²) in [5.41, 5.74) is 2.98. The third-order valence-electron chi connectivity index (χ3n) is 9.04. The van der Waals surface area contributed by atoms with Gasteiger partial charge in [-0.05, 0) is 85.8 Å². The number of amides is 1. The zero-order chi connectivity index (χ0) is 22.3. The van der Waals surface area contributed by atoms with Gasteiger partial charge in [-0.2, -0.15) is 0 Å². The third-order valence-corrected chi connectivity index (χ3v) is 9.04. The Labute approximate surface area is 190 Å². The number of halogens is 1. The molecular formula is C26H35FN2O3. The number of benzene rings is 1. The van der Waals surface area contributed by atoms with Crippen LogP contribution in [0.1, 0.15) is 68.9 Å². The van der Waals surface area contributed by atoms with Crippen LogP contribution >= 0.6 is 0 Å². The maximum atomic E-state index is 14.5. The molecule has 0 radical (unpaired) electrons. The molecule has 1 amide bonds. The number of oxime groups is 1. The molecule has 174 valence electrons. The second kappa shape index (κ2) is 8.77. The van der Waals surface area contributed by atoms with E-state index in [0.717, 1.165) is 56.2 Å². The second-order valence-electron chi connectivity index (χ2n) is 10.5. The smallest absolute Gasteiger partial charge is 0.222 e. The lowest BCUT2D eigenvalue weighted by molar-refractivity contribution is -0.135. The molecule has 1 aromatic rings. The Morgan fingerprint density at radius 2 is 2.12 bits per heavy atom. The van der Waals surface area contributed by atoms with Crippen molar-refractivity contribution in [1.29, 1.82) is 0 Å². The lowest BCUT2D eigenvalue weighted by Gasteiger charge is -2.50. The molecule has 3 aliphatic carbocycles. The largest absolute Gasteiger partial charge is 0.411 e. The van der Waals surface area contributed by atoms with Crippen LogP contribution in [0.4, 0.5) is 4.39 Å². The number of hydrogen-bond acceptors (Lipinski definition) is 4. The Morgan fingerprint density at radius 1 is 1.31 bits per heavy atom. The summed E-state index contributed by atoms with van der Waals surface area (Å²) >= 11 is 0. The van der Waals surface area contributed by atoms with Crippen molar-refractivity contribution in [2.45, 2.75) is 64.2 Å². The van der Waals surface area contributed by atoms with Gasteiger partial charge in [0, 0.05) is 24.9 Å². The summed E-state index contributed by atoms with van der Waals surface area (Å²) in [4.78, 5) is 14.5. The van der Waals surface area contributed by atoms with E-state index in [-0.39, 0.29) is 17.1 Å². The van der Waals surface area contributed by atoms with Crippen LogP contribution in [0, 0.1) is 29.0 Å². The zero-order valence-electron chi connectivity index (χ0n) is 19.1. The maximum absolute atomic E-state index is 14.5. The molecule has 32 heavy (non-hydrogen) atoms. The number of nitrogens with zero attached hydrogens (tertiary/aromatic N) is 2. The first-order valence-corrected chi connectivity index (χ1v) is 12.4. The van der Waals surface area contributed by atoms with Gasteiger partial charge in [-0.1, -0.05) is 24.2 Å². The van der Waals surface area contributed by atoms with Gasteiger partial charge in [0.15, 0.2) is 0 Å². The molecule has 1 aromatic carbocycles. The van der Waals surface area contributed by atoms with Crippen LogP contribution in [0.3, 0.4) is 0 Å². The molecule has 5 rings (SSSR count). The van der Waals surface area contributed by atoms with Crippen LogP contribution < -0.4 is 0 Å². The second-order valence-corrected chi connectivity index (χ2v) is 10.5. The number of carbonyl (C=O) groups is 1. The average Bonchev–Trinajstić information content (AvgIpc) is 3.11. The SMILES string of the molecule is C[C@]12CCC3c4cccc(F)c4CCC3C1[C@H](CCCC(=O)N1CCOCC1)C/C2=N\O. The van der Waals surface area contributed by atoms with Crippen molar-refractivity contribution < 1.29 is 19.1 Å². The predicted molar refractivity (Wildman–Crippen MR) is 120 cm³/mol. The molecule has 4 aliphatic rings. The monoisotopic (exact) mass is 442 g/mol. The highest BCUT2D eigenvalue weighted by Gasteiger charge is 2.57. The highest BCUT2D eigenvalue weighted by atomic mass is 19.1. The Hall–Kier alpha value is -1.95. The van der Waals surface area contributed by atoms with E-state index in [9.17, 15) is 14.4 Å². The van der Waals surface area contributed by atoms with E-state index in [1.165, 1.54) is 5.56 Å². The summed E-state index contributed by atoms with van der Waals surface area (Å²) < 4.78 is 19.8. The van der Waals surface area contributed by atoms with E-state index in [1.54, 1.807) is 6.07 Å². The molecule has 0 spiro atoms. The van der Waals surface area contributed by atoms with Gasteiger partial charge in [-0.3, -0.25) is 4.79 Å². The van der Waals surface area contributed by atoms with E-state index in [2.05, 4.69) is 18.1 Å². The Balaban J connectivity index is 1.32. The van der Waals surface area contributed by atoms with E-state index in [4.69, 9.17) is 4.74 Å². The van der Waals surface area contributed by atoms with Crippen LogP contribution in [0.25, 0.3) is 0 Å². The molecule has 5 atom stereocenters. The topological polar surface area (TPSA) is 62.1 Å². The number of rotatable bonds is 4. The lowest BCUT2D eigenvalue weighted by atomic mass is 9.54. The fourth-order valence-corrected chi connectivity index (χ4v) is 7.56. The molecule has 3 fully saturated rings. The minimum absolute atomic E-state index is 0.0588. The first-order chi connectivity index (χ1) is 15.5. The Kier molecular flexibility index (Phi) is 5.99. The summed E-state index contributed by atoms with van der Waals surface area (Å²) in [5, 5.41) is 13.6. The third kappa shape index (κ3) is 3.64. The van der Waals surface area contributed by atoms with Crippen LogP contribution in [-0.4, -0.2) is 48.0 Å². The van der Waals surface area contributed by atoms with Crippen molar-refractivity contribution in [3.8, 4) is 0 Å². The molecule has 6 heteroatoms. The van der Waals surface area contributed by atoms with Crippen molar-refractivity contribution in [2.24, 2.45) is 28.3 Å². The molecule has 2 saturated carbocycles. The number of carbonyl (C=O) groups excluding carboxylic acids is 1. The van der Waals surface area contributed by atoms with E-state index < -0.39 is 0 Å². The van der Waals surface area contributed by atoms with E-state index >= 15 is 0 Å². The van der Waals surface area contributed by atoms with Gasteiger partial charge >= 0.3 is 0 Å². The first-order valence-electron chi connectivity index (χ1n) is 12.4. The van der Waals surface area contributed by atoms with Crippen molar-refractivity contribution in [2.75, 3.05) is 26.3 Å². The molecule has 0 bridgehead atoms. The van der Waals surface area contributed by atoms with Gasteiger partial charge in [0.1, 0.15) is 5.82 Å². The van der Waals surface area contributed by atoms with Crippen LogP contribution in [0.2, 0.25) is 0 Å². The molecular weight excluding hydrogens is 407 g/mol. The number of ether oxygens (including phenoxy) is 1. The zero-order valence-corrected chi connectivity index (χ0v) is 19.1. The Morgan fingerprint density at radius 3 is 2.91 bits per heavy atom.